The lowest BCUT2D eigenvalue weighted by atomic mass is 10.2. The van der Waals surface area contributed by atoms with Crippen molar-refractivity contribution in [2.24, 2.45) is 11.5 Å². The summed E-state index contributed by atoms with van der Waals surface area (Å²) in [4.78, 5) is 22.4. The lowest BCUT2D eigenvalue weighted by molar-refractivity contribution is 0.0999. The van der Waals surface area contributed by atoms with Crippen molar-refractivity contribution in [3.05, 3.63) is 10.4 Å². The first-order chi connectivity index (χ1) is 7.49. The first-order valence-corrected chi connectivity index (χ1v) is 5.56. The van der Waals surface area contributed by atoms with E-state index in [9.17, 15) is 9.59 Å². The average Bonchev–Trinajstić information content (AvgIpc) is 2.52. The molecular weight excluding hydrogens is 228 g/mol. The highest BCUT2D eigenvalue weighted by molar-refractivity contribution is 7.19. The highest BCUT2D eigenvalue weighted by atomic mass is 32.1. The molecule has 0 aliphatic carbocycles. The highest BCUT2D eigenvalue weighted by Gasteiger charge is 2.22. The van der Waals surface area contributed by atoms with Crippen LogP contribution in [-0.4, -0.2) is 18.4 Å². The fraction of sp³-hybridized carbons (Fsp3) is 0.333. The van der Waals surface area contributed by atoms with E-state index >= 15 is 0 Å². The number of rotatable bonds is 5. The van der Waals surface area contributed by atoms with Gasteiger partial charge in [0.15, 0.2) is 0 Å². The van der Waals surface area contributed by atoms with E-state index in [1.54, 1.807) is 0 Å². The summed E-state index contributed by atoms with van der Waals surface area (Å²) >= 11 is 1.05. The van der Waals surface area contributed by atoms with Crippen LogP contribution in [0.5, 0.6) is 0 Å². The number of thiophene rings is 1. The summed E-state index contributed by atoms with van der Waals surface area (Å²) in [6, 6.07) is 0. The van der Waals surface area contributed by atoms with Crippen molar-refractivity contribution in [3.8, 4) is 0 Å². The molecule has 0 atom stereocenters. The van der Waals surface area contributed by atoms with Crippen LogP contribution in [0.3, 0.4) is 0 Å². The topological polar surface area (TPSA) is 124 Å². The van der Waals surface area contributed by atoms with E-state index in [-0.39, 0.29) is 16.1 Å². The van der Waals surface area contributed by atoms with Gasteiger partial charge in [-0.25, -0.2) is 0 Å². The smallest absolute Gasteiger partial charge is 0.260 e. The van der Waals surface area contributed by atoms with Crippen LogP contribution >= 0.6 is 11.3 Å². The van der Waals surface area contributed by atoms with Crippen molar-refractivity contribution in [1.82, 2.24) is 0 Å². The fourth-order valence-corrected chi connectivity index (χ4v) is 2.24. The Morgan fingerprint density at radius 3 is 2.38 bits per heavy atom. The molecule has 0 unspecified atom stereocenters. The summed E-state index contributed by atoms with van der Waals surface area (Å²) < 4.78 is 0. The van der Waals surface area contributed by atoms with Gasteiger partial charge in [0.25, 0.3) is 11.8 Å². The molecule has 1 aromatic rings. The first-order valence-electron chi connectivity index (χ1n) is 4.74. The van der Waals surface area contributed by atoms with Crippen molar-refractivity contribution >= 4 is 33.8 Å². The molecule has 1 heterocycles. The van der Waals surface area contributed by atoms with Crippen LogP contribution < -0.4 is 22.5 Å². The van der Waals surface area contributed by atoms with E-state index in [0.717, 1.165) is 17.8 Å². The zero-order chi connectivity index (χ0) is 12.3. The third-order valence-electron chi connectivity index (χ3n) is 1.95. The molecule has 88 valence electrons. The molecule has 1 aromatic heterocycles. The zero-order valence-corrected chi connectivity index (χ0v) is 9.69. The normalized spacial score (nSPS) is 10.1. The molecule has 0 saturated carbocycles. The van der Waals surface area contributed by atoms with Gasteiger partial charge in [0.1, 0.15) is 9.88 Å². The molecule has 16 heavy (non-hydrogen) atoms. The summed E-state index contributed by atoms with van der Waals surface area (Å²) in [6.45, 7) is 2.64. The molecule has 7 N–H and O–H groups in total. The van der Waals surface area contributed by atoms with Crippen LogP contribution in [0.25, 0.3) is 0 Å². The van der Waals surface area contributed by atoms with Crippen LogP contribution in [-0.2, 0) is 0 Å². The molecule has 6 nitrogen and oxygen atoms in total. The number of carbonyl (C=O) groups excluding carboxylic acids is 2. The molecule has 7 heteroatoms. The number of carbonyl (C=O) groups is 2. The number of amides is 2. The Labute approximate surface area is 96.8 Å². The molecule has 0 radical (unpaired) electrons. The number of nitrogens with two attached hydrogens (primary N) is 3. The van der Waals surface area contributed by atoms with E-state index in [0.29, 0.717) is 11.5 Å². The van der Waals surface area contributed by atoms with Gasteiger partial charge in [0.2, 0.25) is 0 Å². The molecule has 0 aliphatic rings. The highest BCUT2D eigenvalue weighted by Crippen LogP contribution is 2.34. The van der Waals surface area contributed by atoms with Crippen molar-refractivity contribution in [2.45, 2.75) is 13.3 Å². The molecule has 0 aliphatic heterocycles. The van der Waals surface area contributed by atoms with Gasteiger partial charge in [-0.3, -0.25) is 9.59 Å². The third kappa shape index (κ3) is 2.25. The number of nitrogen functional groups attached to an aromatic ring is 1. The van der Waals surface area contributed by atoms with Crippen LogP contribution in [0, 0.1) is 0 Å². The van der Waals surface area contributed by atoms with E-state index in [2.05, 4.69) is 5.32 Å². The zero-order valence-electron chi connectivity index (χ0n) is 8.87. The fourth-order valence-electron chi connectivity index (χ4n) is 1.23. The Balaban J connectivity index is 3.20. The van der Waals surface area contributed by atoms with Crippen molar-refractivity contribution in [1.29, 1.82) is 0 Å². The molecule has 0 spiro atoms. The van der Waals surface area contributed by atoms with Crippen LogP contribution in [0.1, 0.15) is 33.4 Å². The molecule has 0 aromatic carbocycles. The van der Waals surface area contributed by atoms with E-state index in [4.69, 9.17) is 17.2 Å². The monoisotopic (exact) mass is 242 g/mol. The summed E-state index contributed by atoms with van der Waals surface area (Å²) in [6.07, 6.45) is 0.877. The Hall–Kier alpha value is -1.76. The van der Waals surface area contributed by atoms with E-state index < -0.39 is 11.8 Å². The van der Waals surface area contributed by atoms with Crippen molar-refractivity contribution in [2.75, 3.05) is 17.6 Å². The minimum Gasteiger partial charge on any atom is -0.397 e. The maximum atomic E-state index is 11.2. The van der Waals surface area contributed by atoms with Crippen LogP contribution in [0.15, 0.2) is 0 Å². The molecule has 1 rings (SSSR count). The predicted octanol–water partition coefficient (Wildman–Crippen LogP) is 0.350. The minimum atomic E-state index is -0.667. The van der Waals surface area contributed by atoms with Crippen molar-refractivity contribution < 1.29 is 9.59 Å². The Kier molecular flexibility index (Phi) is 3.73. The van der Waals surface area contributed by atoms with Gasteiger partial charge in [-0.15, -0.1) is 11.3 Å². The minimum absolute atomic E-state index is 0.0589. The quantitative estimate of drug-likeness (QED) is 0.594. The summed E-state index contributed by atoms with van der Waals surface area (Å²) in [5, 5.41) is 3.49. The maximum absolute atomic E-state index is 11.2. The van der Waals surface area contributed by atoms with Gasteiger partial charge in [-0.05, 0) is 6.42 Å². The second kappa shape index (κ2) is 4.84. The van der Waals surface area contributed by atoms with Gasteiger partial charge in [0.05, 0.1) is 11.3 Å². The maximum Gasteiger partial charge on any atom is 0.260 e. The Morgan fingerprint density at radius 1 is 1.31 bits per heavy atom. The standard InChI is InChI=1S/C9H14N4O2S/c1-2-3-13-9-4(7(11)14)5(10)6(16-9)8(12)15/h13H,2-3,10H2,1H3,(H2,11,14)(H2,12,15). The third-order valence-corrected chi connectivity index (χ3v) is 3.13. The summed E-state index contributed by atoms with van der Waals surface area (Å²) in [5.41, 5.74) is 16.2. The Bertz CT molecular complexity index is 427. The van der Waals surface area contributed by atoms with Crippen LogP contribution in [0.2, 0.25) is 0 Å². The van der Waals surface area contributed by atoms with Gasteiger partial charge >= 0.3 is 0 Å². The number of anilines is 2. The van der Waals surface area contributed by atoms with E-state index in [1.165, 1.54) is 0 Å². The van der Waals surface area contributed by atoms with Gasteiger partial charge in [0, 0.05) is 6.54 Å². The molecule has 0 bridgehead atoms. The molecule has 0 saturated heterocycles. The van der Waals surface area contributed by atoms with Gasteiger partial charge < -0.3 is 22.5 Å². The number of primary amides is 2. The first kappa shape index (κ1) is 12.3. The summed E-state index contributed by atoms with van der Waals surface area (Å²) in [5.74, 6) is -1.32. The SMILES string of the molecule is CCCNc1sc(C(N)=O)c(N)c1C(N)=O. The molecule has 0 fully saturated rings. The number of hydrogen-bond donors (Lipinski definition) is 4. The lowest BCUT2D eigenvalue weighted by Gasteiger charge is -2.03. The lowest BCUT2D eigenvalue weighted by Crippen LogP contribution is -2.16. The largest absolute Gasteiger partial charge is 0.397 e. The van der Waals surface area contributed by atoms with Crippen molar-refractivity contribution in [3.63, 3.8) is 0 Å². The average molecular weight is 242 g/mol. The number of hydrogen-bond acceptors (Lipinski definition) is 5. The van der Waals surface area contributed by atoms with Gasteiger partial charge in [-0.2, -0.15) is 0 Å². The Morgan fingerprint density at radius 2 is 1.94 bits per heavy atom. The molecular formula is C9H14N4O2S. The summed E-state index contributed by atoms with van der Waals surface area (Å²) in [7, 11) is 0. The van der Waals surface area contributed by atoms with Crippen LogP contribution in [0.4, 0.5) is 10.7 Å². The second-order valence-electron chi connectivity index (χ2n) is 3.20. The predicted molar refractivity (Wildman–Crippen MR) is 64.5 cm³/mol. The molecule has 2 amide bonds. The van der Waals surface area contributed by atoms with Gasteiger partial charge in [-0.1, -0.05) is 6.92 Å². The second-order valence-corrected chi connectivity index (χ2v) is 4.22. The number of nitrogens with one attached hydrogen (secondary N) is 1. The van der Waals surface area contributed by atoms with E-state index in [1.807, 2.05) is 6.92 Å².